The van der Waals surface area contributed by atoms with Crippen molar-refractivity contribution in [2.45, 2.75) is 161 Å². The number of phosphoric ester groups is 1. The Morgan fingerprint density at radius 3 is 1.62 bits per heavy atom. The smallest absolute Gasteiger partial charge is 0.462 e. The summed E-state index contributed by atoms with van der Waals surface area (Å²) in [6.07, 6.45) is 47.0. The van der Waals surface area contributed by atoms with E-state index in [1.807, 2.05) is 36.5 Å². The highest BCUT2D eigenvalue weighted by Crippen LogP contribution is 2.43. The van der Waals surface area contributed by atoms with Gasteiger partial charge in [0.2, 0.25) is 0 Å². The standard InChI is InChI=1S/C45H75O10P/c1-3-5-7-9-11-13-15-17-18-19-20-21-22-23-25-26-28-30-32-34-36-44(48)52-40-43(41-54-56(50,51)53-39-42(47)38-46)55-45(49)37-35-33-31-29-27-24-16-14-12-10-8-6-4-2/h5-8,10-14,16-18,24,27,42-43,46-47H,3-4,9,15,19-23,25-26,28-41H2,1-2H3,(H,50,51)/b7-5+,8-6+,12-10+,13-11+,16-14+,18-17+,27-24+/t42-,43?/m1/s1. The SMILES string of the molecule is CC/C=C/C=C/C=C/C=C/CCCCCC(=O)OC(COC(=O)CCCCCCCCCCCC/C=C/C/C=C/C/C=C/CC)COP(=O)(O)OC[C@H](O)CO. The normalized spacial score (nSPS) is 14.7. The molecule has 0 saturated heterocycles. The number of aliphatic hydroxyl groups is 2. The first-order valence-corrected chi connectivity index (χ1v) is 22.6. The van der Waals surface area contributed by atoms with E-state index in [0.717, 1.165) is 70.6 Å². The summed E-state index contributed by atoms with van der Waals surface area (Å²) in [4.78, 5) is 34.9. The molecule has 2 unspecified atom stereocenters. The van der Waals surface area contributed by atoms with Crippen LogP contribution in [0.4, 0.5) is 0 Å². The Morgan fingerprint density at radius 1 is 0.554 bits per heavy atom. The maximum absolute atomic E-state index is 12.6. The minimum absolute atomic E-state index is 0.133. The molecule has 56 heavy (non-hydrogen) atoms. The topological polar surface area (TPSA) is 149 Å². The lowest BCUT2D eigenvalue weighted by atomic mass is 10.1. The Morgan fingerprint density at radius 2 is 1.02 bits per heavy atom. The highest BCUT2D eigenvalue weighted by molar-refractivity contribution is 7.47. The third-order valence-electron chi connectivity index (χ3n) is 8.39. The van der Waals surface area contributed by atoms with Crippen LogP contribution in [-0.4, -0.2) is 65.7 Å². The number of esters is 2. The molecule has 320 valence electrons. The van der Waals surface area contributed by atoms with E-state index in [4.69, 9.17) is 19.1 Å². The van der Waals surface area contributed by atoms with Gasteiger partial charge >= 0.3 is 19.8 Å². The molecule has 0 aromatic carbocycles. The van der Waals surface area contributed by atoms with Gasteiger partial charge in [0.25, 0.3) is 0 Å². The summed E-state index contributed by atoms with van der Waals surface area (Å²) in [5.41, 5.74) is 0. The van der Waals surface area contributed by atoms with E-state index in [9.17, 15) is 24.2 Å². The van der Waals surface area contributed by atoms with Crippen LogP contribution in [-0.2, 0) is 32.7 Å². The molecule has 0 rings (SSSR count). The van der Waals surface area contributed by atoms with E-state index >= 15 is 0 Å². The van der Waals surface area contributed by atoms with Crippen molar-refractivity contribution in [2.75, 3.05) is 26.4 Å². The van der Waals surface area contributed by atoms with Gasteiger partial charge in [-0.2, -0.15) is 0 Å². The van der Waals surface area contributed by atoms with Crippen molar-refractivity contribution >= 4 is 19.8 Å². The monoisotopic (exact) mass is 807 g/mol. The third-order valence-corrected chi connectivity index (χ3v) is 9.34. The number of rotatable bonds is 38. The van der Waals surface area contributed by atoms with Crippen LogP contribution in [0.5, 0.6) is 0 Å². The summed E-state index contributed by atoms with van der Waals surface area (Å²) in [6, 6.07) is 0. The van der Waals surface area contributed by atoms with E-state index in [-0.39, 0.29) is 19.4 Å². The number of ether oxygens (including phenoxy) is 2. The molecule has 0 aromatic rings. The van der Waals surface area contributed by atoms with Crippen molar-refractivity contribution in [2.24, 2.45) is 0 Å². The second kappa shape index (κ2) is 40.4. The first-order chi connectivity index (χ1) is 27.2. The lowest BCUT2D eigenvalue weighted by molar-refractivity contribution is -0.161. The second-order valence-corrected chi connectivity index (χ2v) is 15.1. The minimum Gasteiger partial charge on any atom is -0.462 e. The van der Waals surface area contributed by atoms with Crippen molar-refractivity contribution in [3.05, 3.63) is 85.1 Å². The summed E-state index contributed by atoms with van der Waals surface area (Å²) >= 11 is 0. The second-order valence-electron chi connectivity index (χ2n) is 13.7. The molecule has 0 fully saturated rings. The van der Waals surface area contributed by atoms with E-state index in [2.05, 4.69) is 67.0 Å². The van der Waals surface area contributed by atoms with E-state index < -0.39 is 51.8 Å². The maximum Gasteiger partial charge on any atom is 0.472 e. The molecule has 0 heterocycles. The van der Waals surface area contributed by atoms with Crippen LogP contribution >= 0.6 is 7.82 Å². The maximum atomic E-state index is 12.6. The fourth-order valence-electron chi connectivity index (χ4n) is 5.19. The lowest BCUT2D eigenvalue weighted by Crippen LogP contribution is -2.29. The minimum atomic E-state index is -4.63. The van der Waals surface area contributed by atoms with Crippen molar-refractivity contribution in [3.8, 4) is 0 Å². The molecule has 0 aliphatic heterocycles. The quantitative estimate of drug-likeness (QED) is 0.0181. The molecule has 10 nitrogen and oxygen atoms in total. The van der Waals surface area contributed by atoms with Gasteiger partial charge in [-0.3, -0.25) is 18.6 Å². The van der Waals surface area contributed by atoms with Crippen molar-refractivity contribution in [1.82, 2.24) is 0 Å². The Hall–Kier alpha value is -2.85. The van der Waals surface area contributed by atoms with E-state index in [0.29, 0.717) is 12.8 Å². The molecule has 0 radical (unpaired) electrons. The summed E-state index contributed by atoms with van der Waals surface area (Å²) in [6.45, 7) is 2.05. The van der Waals surface area contributed by atoms with Crippen molar-refractivity contribution < 1.29 is 47.8 Å². The van der Waals surface area contributed by atoms with Gasteiger partial charge in [-0.05, 0) is 64.2 Å². The number of hydrogen-bond acceptors (Lipinski definition) is 9. The van der Waals surface area contributed by atoms with Crippen LogP contribution < -0.4 is 0 Å². The molecule has 0 bridgehead atoms. The molecule has 0 amide bonds. The number of carbonyl (C=O) groups is 2. The number of phosphoric acid groups is 1. The predicted octanol–water partition coefficient (Wildman–Crippen LogP) is 11.1. The van der Waals surface area contributed by atoms with Crippen molar-refractivity contribution in [3.63, 3.8) is 0 Å². The molecule has 11 heteroatoms. The number of unbranched alkanes of at least 4 members (excludes halogenated alkanes) is 13. The van der Waals surface area contributed by atoms with E-state index in [1.165, 1.54) is 38.5 Å². The van der Waals surface area contributed by atoms with Gasteiger partial charge in [0.1, 0.15) is 12.7 Å². The molecule has 0 aliphatic carbocycles. The highest BCUT2D eigenvalue weighted by Gasteiger charge is 2.27. The average Bonchev–Trinajstić information content (AvgIpc) is 3.19. The van der Waals surface area contributed by atoms with Gasteiger partial charge in [0.05, 0.1) is 19.8 Å². The molecule has 3 atom stereocenters. The number of aliphatic hydroxyl groups excluding tert-OH is 2. The van der Waals surface area contributed by atoms with Gasteiger partial charge in [-0.1, -0.05) is 157 Å². The first kappa shape index (κ1) is 53.1. The lowest BCUT2D eigenvalue weighted by Gasteiger charge is -2.20. The molecule has 0 aromatic heterocycles. The Kier molecular flexibility index (Phi) is 38.3. The Labute approximate surface area is 339 Å². The molecule has 0 aliphatic rings. The predicted molar refractivity (Wildman–Crippen MR) is 228 cm³/mol. The number of carbonyl (C=O) groups excluding carboxylic acids is 2. The molecule has 0 saturated carbocycles. The zero-order chi connectivity index (χ0) is 41.2. The fourth-order valence-corrected chi connectivity index (χ4v) is 5.98. The zero-order valence-electron chi connectivity index (χ0n) is 34.6. The molecular weight excluding hydrogens is 731 g/mol. The van der Waals surface area contributed by atoms with Gasteiger partial charge in [0.15, 0.2) is 6.10 Å². The Bertz CT molecular complexity index is 1200. The number of allylic oxidation sites excluding steroid dienone is 14. The van der Waals surface area contributed by atoms with Gasteiger partial charge in [-0.25, -0.2) is 4.57 Å². The van der Waals surface area contributed by atoms with Crippen LogP contribution in [0.15, 0.2) is 85.1 Å². The van der Waals surface area contributed by atoms with Gasteiger partial charge in [0, 0.05) is 12.8 Å². The van der Waals surface area contributed by atoms with Crippen LogP contribution in [0.2, 0.25) is 0 Å². The summed E-state index contributed by atoms with van der Waals surface area (Å²) in [5, 5.41) is 18.3. The molecule has 3 N–H and O–H groups in total. The molecular formula is C45H75O10P. The highest BCUT2D eigenvalue weighted by atomic mass is 31.2. The third kappa shape index (κ3) is 39.4. The fraction of sp³-hybridized carbons (Fsp3) is 0.644. The average molecular weight is 807 g/mol. The van der Waals surface area contributed by atoms with Gasteiger partial charge in [-0.15, -0.1) is 0 Å². The number of hydrogen-bond donors (Lipinski definition) is 3. The zero-order valence-corrected chi connectivity index (χ0v) is 35.5. The Balaban J connectivity index is 4.32. The summed E-state index contributed by atoms with van der Waals surface area (Å²) in [7, 11) is -4.63. The van der Waals surface area contributed by atoms with E-state index in [1.54, 1.807) is 0 Å². The van der Waals surface area contributed by atoms with Crippen LogP contribution in [0.1, 0.15) is 149 Å². The molecule has 0 spiro atoms. The van der Waals surface area contributed by atoms with Crippen LogP contribution in [0, 0.1) is 0 Å². The summed E-state index contributed by atoms with van der Waals surface area (Å²) < 4.78 is 32.6. The van der Waals surface area contributed by atoms with Crippen LogP contribution in [0.25, 0.3) is 0 Å². The summed E-state index contributed by atoms with van der Waals surface area (Å²) in [5.74, 6) is -0.984. The van der Waals surface area contributed by atoms with Gasteiger partial charge < -0.3 is 24.6 Å². The first-order valence-electron chi connectivity index (χ1n) is 21.1. The van der Waals surface area contributed by atoms with Crippen LogP contribution in [0.3, 0.4) is 0 Å². The van der Waals surface area contributed by atoms with Crippen molar-refractivity contribution in [1.29, 1.82) is 0 Å². The largest absolute Gasteiger partial charge is 0.472 e.